The Kier molecular flexibility index (Phi) is 4.85. The number of nitrogens with one attached hydrogen (secondary N) is 1. The highest BCUT2D eigenvalue weighted by atomic mass is 16.6. The maximum Gasteiger partial charge on any atom is 0.279 e. The van der Waals surface area contributed by atoms with Crippen LogP contribution < -0.4 is 5.32 Å². The fourth-order valence-electron chi connectivity index (χ4n) is 3.10. The molecule has 0 spiro atoms. The Bertz CT molecular complexity index is 547. The van der Waals surface area contributed by atoms with E-state index < -0.39 is 9.85 Å². The van der Waals surface area contributed by atoms with Gasteiger partial charge in [0.1, 0.15) is 0 Å². The second-order valence-corrected chi connectivity index (χ2v) is 5.39. The van der Waals surface area contributed by atoms with E-state index >= 15 is 0 Å². The third kappa shape index (κ3) is 3.55. The predicted molar refractivity (Wildman–Crippen MR) is 78.3 cm³/mol. The van der Waals surface area contributed by atoms with Crippen LogP contribution in [0.25, 0.3) is 0 Å². The fraction of sp³-hybridized carbons (Fsp3) is 0.571. The van der Waals surface area contributed by atoms with E-state index in [1.807, 2.05) is 6.92 Å². The molecule has 1 aliphatic carbocycles. The van der Waals surface area contributed by atoms with Crippen LogP contribution in [0.2, 0.25) is 0 Å². The van der Waals surface area contributed by atoms with Gasteiger partial charge in [0.25, 0.3) is 11.4 Å². The van der Waals surface area contributed by atoms with E-state index in [0.29, 0.717) is 23.9 Å². The molecule has 7 heteroatoms. The monoisotopic (exact) mass is 293 g/mol. The molecule has 1 fully saturated rings. The topological polar surface area (TPSA) is 98.3 Å². The quantitative estimate of drug-likeness (QED) is 0.642. The SMILES string of the molecule is CCNC1CCCC1Cc1ccc([N+](=O)[O-])cc1[N+](=O)[O-]. The summed E-state index contributed by atoms with van der Waals surface area (Å²) in [5.41, 5.74) is 0.201. The highest BCUT2D eigenvalue weighted by Crippen LogP contribution is 2.33. The molecule has 2 rings (SSSR count). The van der Waals surface area contributed by atoms with Crippen LogP contribution in [0.15, 0.2) is 18.2 Å². The first-order valence-corrected chi connectivity index (χ1v) is 7.18. The largest absolute Gasteiger partial charge is 0.314 e. The lowest BCUT2D eigenvalue weighted by Gasteiger charge is -2.20. The summed E-state index contributed by atoms with van der Waals surface area (Å²) >= 11 is 0. The summed E-state index contributed by atoms with van der Waals surface area (Å²) in [4.78, 5) is 20.8. The normalized spacial score (nSPS) is 21.4. The van der Waals surface area contributed by atoms with Gasteiger partial charge >= 0.3 is 0 Å². The summed E-state index contributed by atoms with van der Waals surface area (Å²) in [5, 5.41) is 25.3. The molecule has 0 bridgehead atoms. The Morgan fingerprint density at radius 3 is 2.62 bits per heavy atom. The van der Waals surface area contributed by atoms with Crippen molar-refractivity contribution >= 4 is 11.4 Å². The molecule has 21 heavy (non-hydrogen) atoms. The lowest BCUT2D eigenvalue weighted by Crippen LogP contribution is -2.33. The number of hydrogen-bond donors (Lipinski definition) is 1. The standard InChI is InChI=1S/C14H19N3O4/c1-2-15-13-5-3-4-10(13)8-11-6-7-12(16(18)19)9-14(11)17(20)21/h6-7,9-10,13,15H,2-5,8H2,1H3. The summed E-state index contributed by atoms with van der Waals surface area (Å²) in [6.45, 7) is 2.92. The third-order valence-electron chi connectivity index (χ3n) is 4.08. The molecule has 1 aromatic rings. The molecule has 2 atom stereocenters. The Hall–Kier alpha value is -2.02. The van der Waals surface area contributed by atoms with Crippen LogP contribution in [-0.4, -0.2) is 22.4 Å². The van der Waals surface area contributed by atoms with E-state index in [0.717, 1.165) is 31.9 Å². The molecule has 114 valence electrons. The predicted octanol–water partition coefficient (Wildman–Crippen LogP) is 2.82. The van der Waals surface area contributed by atoms with E-state index in [4.69, 9.17) is 0 Å². The first-order valence-electron chi connectivity index (χ1n) is 7.18. The van der Waals surface area contributed by atoms with E-state index in [2.05, 4.69) is 5.32 Å². The Morgan fingerprint density at radius 1 is 1.24 bits per heavy atom. The third-order valence-corrected chi connectivity index (χ3v) is 4.08. The maximum absolute atomic E-state index is 11.1. The molecule has 0 radical (unpaired) electrons. The minimum Gasteiger partial charge on any atom is -0.314 e. The zero-order valence-electron chi connectivity index (χ0n) is 11.9. The molecule has 1 aliphatic rings. The number of nitrogens with zero attached hydrogens (tertiary/aromatic N) is 2. The smallest absolute Gasteiger partial charge is 0.279 e. The molecule has 0 aromatic heterocycles. The van der Waals surface area contributed by atoms with Crippen molar-refractivity contribution < 1.29 is 9.85 Å². The number of nitro groups is 2. The lowest BCUT2D eigenvalue weighted by molar-refractivity contribution is -0.394. The van der Waals surface area contributed by atoms with E-state index in [9.17, 15) is 20.2 Å². The van der Waals surface area contributed by atoms with Crippen molar-refractivity contribution in [3.63, 3.8) is 0 Å². The first-order chi connectivity index (χ1) is 10.0. The van der Waals surface area contributed by atoms with Gasteiger partial charge in [-0.05, 0) is 37.8 Å². The van der Waals surface area contributed by atoms with Crippen molar-refractivity contribution in [3.05, 3.63) is 44.0 Å². The van der Waals surface area contributed by atoms with Crippen molar-refractivity contribution in [2.45, 2.75) is 38.6 Å². The summed E-state index contributed by atoms with van der Waals surface area (Å²) in [5.74, 6) is 0.352. The minimum atomic E-state index is -0.603. The van der Waals surface area contributed by atoms with Gasteiger partial charge in [0, 0.05) is 17.7 Å². The van der Waals surface area contributed by atoms with Gasteiger partial charge in [0.15, 0.2) is 0 Å². The molecule has 0 heterocycles. The second kappa shape index (κ2) is 6.62. The zero-order valence-corrected chi connectivity index (χ0v) is 11.9. The molecular weight excluding hydrogens is 274 g/mol. The highest BCUT2D eigenvalue weighted by molar-refractivity contribution is 5.49. The van der Waals surface area contributed by atoms with Crippen LogP contribution in [0.1, 0.15) is 31.7 Å². The maximum atomic E-state index is 11.1. The molecule has 0 aliphatic heterocycles. The molecule has 2 unspecified atom stereocenters. The molecule has 1 N–H and O–H groups in total. The average Bonchev–Trinajstić information content (AvgIpc) is 2.86. The van der Waals surface area contributed by atoms with Crippen LogP contribution in [0.4, 0.5) is 11.4 Å². The molecule has 0 amide bonds. The Morgan fingerprint density at radius 2 is 2.00 bits per heavy atom. The number of rotatable bonds is 6. The minimum absolute atomic E-state index is 0.147. The average molecular weight is 293 g/mol. The van der Waals surface area contributed by atoms with Crippen LogP contribution >= 0.6 is 0 Å². The van der Waals surface area contributed by atoms with Crippen molar-refractivity contribution in [2.24, 2.45) is 5.92 Å². The molecule has 1 saturated carbocycles. The van der Waals surface area contributed by atoms with Gasteiger partial charge in [-0.25, -0.2) is 0 Å². The molecule has 7 nitrogen and oxygen atoms in total. The van der Waals surface area contributed by atoms with Crippen LogP contribution in [-0.2, 0) is 6.42 Å². The molecular formula is C14H19N3O4. The number of nitro benzene ring substituents is 2. The zero-order chi connectivity index (χ0) is 15.4. The van der Waals surface area contributed by atoms with Crippen molar-refractivity contribution in [1.29, 1.82) is 0 Å². The van der Waals surface area contributed by atoms with Crippen molar-refractivity contribution in [3.8, 4) is 0 Å². The van der Waals surface area contributed by atoms with Gasteiger partial charge in [-0.1, -0.05) is 13.3 Å². The lowest BCUT2D eigenvalue weighted by atomic mass is 9.93. The van der Waals surface area contributed by atoms with Crippen LogP contribution in [0, 0.1) is 26.1 Å². The molecule has 0 saturated heterocycles. The first kappa shape index (κ1) is 15.4. The van der Waals surface area contributed by atoms with Crippen LogP contribution in [0.3, 0.4) is 0 Å². The Labute approximate surface area is 122 Å². The highest BCUT2D eigenvalue weighted by Gasteiger charge is 2.29. The van der Waals surface area contributed by atoms with Gasteiger partial charge in [-0.2, -0.15) is 0 Å². The van der Waals surface area contributed by atoms with Gasteiger partial charge in [0.05, 0.1) is 15.9 Å². The van der Waals surface area contributed by atoms with Gasteiger partial charge in [-0.3, -0.25) is 20.2 Å². The summed E-state index contributed by atoms with van der Waals surface area (Å²) in [7, 11) is 0. The van der Waals surface area contributed by atoms with Crippen LogP contribution in [0.5, 0.6) is 0 Å². The van der Waals surface area contributed by atoms with Crippen molar-refractivity contribution in [1.82, 2.24) is 5.32 Å². The van der Waals surface area contributed by atoms with E-state index in [1.54, 1.807) is 0 Å². The van der Waals surface area contributed by atoms with Gasteiger partial charge in [0.2, 0.25) is 0 Å². The number of benzene rings is 1. The second-order valence-electron chi connectivity index (χ2n) is 5.39. The Balaban J connectivity index is 2.23. The van der Waals surface area contributed by atoms with Gasteiger partial charge in [-0.15, -0.1) is 0 Å². The van der Waals surface area contributed by atoms with Gasteiger partial charge < -0.3 is 5.32 Å². The number of hydrogen-bond acceptors (Lipinski definition) is 5. The van der Waals surface area contributed by atoms with E-state index in [-0.39, 0.29) is 11.4 Å². The number of non-ortho nitro benzene ring substituents is 1. The molecule has 1 aromatic carbocycles. The summed E-state index contributed by atoms with van der Waals surface area (Å²) in [6, 6.07) is 4.31. The van der Waals surface area contributed by atoms with Crippen molar-refractivity contribution in [2.75, 3.05) is 6.54 Å². The fourth-order valence-corrected chi connectivity index (χ4v) is 3.10. The van der Waals surface area contributed by atoms with E-state index in [1.165, 1.54) is 12.1 Å². The summed E-state index contributed by atoms with van der Waals surface area (Å²) in [6.07, 6.45) is 3.82. The summed E-state index contributed by atoms with van der Waals surface area (Å²) < 4.78 is 0.